The predicted molar refractivity (Wildman–Crippen MR) is 136 cm³/mol. The Morgan fingerprint density at radius 2 is 0.829 bits per heavy atom. The highest BCUT2D eigenvalue weighted by molar-refractivity contribution is 8.28. The van der Waals surface area contributed by atoms with Crippen LogP contribution >= 0.6 is 23.5 Å². The van der Waals surface area contributed by atoms with Gasteiger partial charge in [0, 0.05) is 22.3 Å². The molecule has 0 saturated heterocycles. The zero-order valence-electron chi connectivity index (χ0n) is 18.0. The molecular formula is C29H14O4S2. The normalized spacial score (nSPS) is 16.8. The van der Waals surface area contributed by atoms with E-state index in [1.807, 2.05) is 48.5 Å². The summed E-state index contributed by atoms with van der Waals surface area (Å²) in [6.45, 7) is 0. The lowest BCUT2D eigenvalue weighted by Crippen LogP contribution is -2.29. The van der Waals surface area contributed by atoms with Gasteiger partial charge in [-0.1, -0.05) is 60.7 Å². The zero-order valence-corrected chi connectivity index (χ0v) is 19.7. The number of thioether (sulfide) groups is 2. The van der Waals surface area contributed by atoms with Gasteiger partial charge >= 0.3 is 0 Å². The molecule has 2 heterocycles. The van der Waals surface area contributed by atoms with Crippen molar-refractivity contribution in [2.45, 2.75) is 5.41 Å². The summed E-state index contributed by atoms with van der Waals surface area (Å²) in [7, 11) is 0. The summed E-state index contributed by atoms with van der Waals surface area (Å²) in [5.74, 6) is 0. The van der Waals surface area contributed by atoms with Gasteiger partial charge in [-0.15, -0.1) is 0 Å². The van der Waals surface area contributed by atoms with Gasteiger partial charge in [0.1, 0.15) is 0 Å². The van der Waals surface area contributed by atoms with Gasteiger partial charge in [-0.3, -0.25) is 19.2 Å². The first kappa shape index (κ1) is 20.6. The van der Waals surface area contributed by atoms with E-state index in [1.165, 1.54) is 0 Å². The van der Waals surface area contributed by atoms with Gasteiger partial charge in [0.2, 0.25) is 20.5 Å². The standard InChI is InChI=1S/C29H14O4S2/c30-25-19-11-9-15(13-21(19)27(32)34-25)29(16-10-12-20-22(14-16)28(33)35-26(20)31)23-7-3-1-5-17(23)18-6-2-4-8-24(18)29/h1-14H. The molecule has 6 heteroatoms. The average molecular weight is 491 g/mol. The number of fused-ring (bicyclic) bond motifs is 5. The Kier molecular flexibility index (Phi) is 4.20. The van der Waals surface area contributed by atoms with Crippen molar-refractivity contribution in [3.8, 4) is 11.1 Å². The minimum absolute atomic E-state index is 0.239. The molecule has 0 amide bonds. The van der Waals surface area contributed by atoms with E-state index in [4.69, 9.17) is 0 Å². The Labute approximate surface area is 208 Å². The number of hydrogen-bond acceptors (Lipinski definition) is 6. The first-order valence-electron chi connectivity index (χ1n) is 11.0. The third kappa shape index (κ3) is 2.61. The van der Waals surface area contributed by atoms with E-state index in [2.05, 4.69) is 24.3 Å². The van der Waals surface area contributed by atoms with Crippen LogP contribution in [0.1, 0.15) is 63.7 Å². The third-order valence-corrected chi connectivity index (χ3v) is 8.73. The smallest absolute Gasteiger partial charge is 0.227 e. The number of carbonyl (C=O) groups is 4. The summed E-state index contributed by atoms with van der Waals surface area (Å²) in [5, 5.41) is -0.992. The molecule has 0 unspecified atom stereocenters. The molecule has 0 spiro atoms. The molecule has 0 bridgehead atoms. The lowest BCUT2D eigenvalue weighted by Gasteiger charge is -2.34. The molecule has 4 aromatic carbocycles. The Bertz CT molecular complexity index is 1560. The Morgan fingerprint density at radius 1 is 0.429 bits per heavy atom. The third-order valence-electron chi connectivity index (χ3n) is 7.11. The van der Waals surface area contributed by atoms with Crippen LogP contribution in [-0.4, -0.2) is 20.5 Å². The second kappa shape index (κ2) is 7.13. The van der Waals surface area contributed by atoms with Gasteiger partial charge in [-0.2, -0.15) is 0 Å². The van der Waals surface area contributed by atoms with Crippen molar-refractivity contribution in [3.63, 3.8) is 0 Å². The topological polar surface area (TPSA) is 68.3 Å². The highest BCUT2D eigenvalue weighted by atomic mass is 32.2. The molecule has 35 heavy (non-hydrogen) atoms. The lowest BCUT2D eigenvalue weighted by atomic mass is 9.67. The maximum atomic E-state index is 12.7. The van der Waals surface area contributed by atoms with Crippen LogP contribution in [-0.2, 0) is 5.41 Å². The van der Waals surface area contributed by atoms with E-state index in [9.17, 15) is 19.2 Å². The molecule has 0 atom stereocenters. The monoisotopic (exact) mass is 490 g/mol. The van der Waals surface area contributed by atoms with E-state index >= 15 is 0 Å². The number of hydrogen-bond donors (Lipinski definition) is 0. The summed E-state index contributed by atoms with van der Waals surface area (Å²) in [4.78, 5) is 50.0. The number of benzene rings is 4. The highest BCUT2D eigenvalue weighted by Gasteiger charge is 2.47. The van der Waals surface area contributed by atoms with Crippen LogP contribution < -0.4 is 0 Å². The summed E-state index contributed by atoms with van der Waals surface area (Å²) in [5.41, 5.74) is 6.67. The van der Waals surface area contributed by atoms with Crippen molar-refractivity contribution in [1.29, 1.82) is 0 Å². The van der Waals surface area contributed by atoms with Crippen LogP contribution in [0.2, 0.25) is 0 Å². The van der Waals surface area contributed by atoms with Crippen molar-refractivity contribution in [1.82, 2.24) is 0 Å². The maximum Gasteiger partial charge on any atom is 0.227 e. The fourth-order valence-electron chi connectivity index (χ4n) is 5.66. The van der Waals surface area contributed by atoms with Crippen molar-refractivity contribution in [2.24, 2.45) is 0 Å². The van der Waals surface area contributed by atoms with Gasteiger partial charge in [0.05, 0.1) is 5.41 Å². The molecule has 0 fully saturated rings. The first-order chi connectivity index (χ1) is 17.0. The predicted octanol–water partition coefficient (Wildman–Crippen LogP) is 6.10. The van der Waals surface area contributed by atoms with Crippen molar-refractivity contribution in [3.05, 3.63) is 129 Å². The summed E-state index contributed by atoms with van der Waals surface area (Å²) in [6, 6.07) is 27.2. The summed E-state index contributed by atoms with van der Waals surface area (Å²) in [6.07, 6.45) is 0. The molecule has 7 rings (SSSR count). The Balaban J connectivity index is 1.61. The molecule has 2 aliphatic heterocycles. The van der Waals surface area contributed by atoms with Crippen LogP contribution in [0.25, 0.3) is 11.1 Å². The van der Waals surface area contributed by atoms with Gasteiger partial charge in [-0.05, 0) is 81.2 Å². The minimum Gasteiger partial charge on any atom is -0.281 e. The van der Waals surface area contributed by atoms with Crippen LogP contribution in [0, 0.1) is 0 Å². The lowest BCUT2D eigenvalue weighted by molar-refractivity contribution is 0.107. The molecule has 4 nitrogen and oxygen atoms in total. The van der Waals surface area contributed by atoms with Crippen LogP contribution in [0.15, 0.2) is 84.9 Å². The van der Waals surface area contributed by atoms with E-state index < -0.39 is 5.41 Å². The maximum absolute atomic E-state index is 12.7. The largest absolute Gasteiger partial charge is 0.281 e. The molecular weight excluding hydrogens is 476 g/mol. The van der Waals surface area contributed by atoms with Crippen LogP contribution in [0.4, 0.5) is 0 Å². The van der Waals surface area contributed by atoms with Crippen molar-refractivity contribution in [2.75, 3.05) is 0 Å². The van der Waals surface area contributed by atoms with Crippen LogP contribution in [0.3, 0.4) is 0 Å². The van der Waals surface area contributed by atoms with E-state index in [1.54, 1.807) is 12.1 Å². The fraction of sp³-hybridized carbons (Fsp3) is 0.0345. The number of rotatable bonds is 2. The second-order valence-corrected chi connectivity index (χ2v) is 10.6. The molecule has 3 aliphatic rings. The van der Waals surface area contributed by atoms with Gasteiger partial charge < -0.3 is 0 Å². The van der Waals surface area contributed by atoms with E-state index in [-0.39, 0.29) is 20.5 Å². The molecule has 1 aliphatic carbocycles. The Hall–Kier alpha value is -3.74. The SMILES string of the molecule is O=C1SC(=O)c2cc(C3(c4ccc5c(c4)C(=O)SC5=O)c4ccccc4-c4ccccc43)ccc21. The molecule has 166 valence electrons. The van der Waals surface area contributed by atoms with Crippen LogP contribution in [0.5, 0.6) is 0 Å². The second-order valence-electron chi connectivity index (χ2n) is 8.72. The van der Waals surface area contributed by atoms with Crippen molar-refractivity contribution >= 4 is 44.0 Å². The Morgan fingerprint density at radius 3 is 1.29 bits per heavy atom. The highest BCUT2D eigenvalue weighted by Crippen LogP contribution is 2.56. The first-order valence-corrected chi connectivity index (χ1v) is 12.6. The van der Waals surface area contributed by atoms with E-state index in [0.717, 1.165) is 56.9 Å². The average Bonchev–Trinajstić information content (AvgIpc) is 3.46. The summed E-state index contributed by atoms with van der Waals surface area (Å²) < 4.78 is 0. The zero-order chi connectivity index (χ0) is 23.9. The summed E-state index contributed by atoms with van der Waals surface area (Å²) >= 11 is 1.44. The van der Waals surface area contributed by atoms with Gasteiger partial charge in [-0.25, -0.2) is 0 Å². The van der Waals surface area contributed by atoms with Crippen molar-refractivity contribution < 1.29 is 19.2 Å². The molecule has 0 radical (unpaired) electrons. The molecule has 0 N–H and O–H groups in total. The molecule has 4 aromatic rings. The quantitative estimate of drug-likeness (QED) is 0.298. The minimum atomic E-state index is -0.829. The molecule has 0 saturated carbocycles. The number of carbonyl (C=O) groups excluding carboxylic acids is 4. The van der Waals surface area contributed by atoms with Gasteiger partial charge in [0.15, 0.2) is 0 Å². The van der Waals surface area contributed by atoms with E-state index in [0.29, 0.717) is 22.3 Å². The fourth-order valence-corrected chi connectivity index (χ4v) is 7.13. The molecule has 0 aromatic heterocycles. The van der Waals surface area contributed by atoms with Gasteiger partial charge in [0.25, 0.3) is 0 Å².